The molecule has 1 aromatic heterocycles. The maximum absolute atomic E-state index is 14.3. The van der Waals surface area contributed by atoms with Crippen molar-refractivity contribution >= 4 is 35.2 Å². The Morgan fingerprint density at radius 2 is 2.26 bits per heavy atom. The van der Waals surface area contributed by atoms with Crippen LogP contribution < -0.4 is 21.3 Å². The lowest BCUT2D eigenvalue weighted by atomic mass is 10.1. The molecule has 10 nitrogen and oxygen atoms in total. The summed E-state index contributed by atoms with van der Waals surface area (Å²) in [5.41, 5.74) is 8.08. The van der Waals surface area contributed by atoms with Crippen LogP contribution in [0.3, 0.4) is 0 Å². The number of hydrogen-bond donors (Lipinski definition) is 4. The third-order valence-electron chi connectivity index (χ3n) is 4.80. The summed E-state index contributed by atoms with van der Waals surface area (Å²) in [5.74, 6) is -0.143. The number of carbonyl (C=O) groups is 1. The number of nitrogens with zero attached hydrogens (tertiary/aromatic N) is 4. The van der Waals surface area contributed by atoms with Crippen LogP contribution in [-0.4, -0.2) is 49.2 Å². The fraction of sp³-hybridized carbons (Fsp3) is 0.261. The first-order valence-electron chi connectivity index (χ1n) is 10.5. The van der Waals surface area contributed by atoms with Crippen molar-refractivity contribution in [3.05, 3.63) is 59.7 Å². The lowest BCUT2D eigenvalue weighted by molar-refractivity contribution is -0.125. The first-order valence-corrected chi connectivity index (χ1v) is 10.5. The molecule has 0 unspecified atom stereocenters. The molecule has 34 heavy (non-hydrogen) atoms. The van der Waals surface area contributed by atoms with Gasteiger partial charge in [0.2, 0.25) is 0 Å². The lowest BCUT2D eigenvalue weighted by Gasteiger charge is -2.27. The number of aromatic nitrogens is 1. The van der Waals surface area contributed by atoms with Crippen LogP contribution in [0.1, 0.15) is 17.5 Å². The van der Waals surface area contributed by atoms with Gasteiger partial charge in [-0.1, -0.05) is 0 Å². The van der Waals surface area contributed by atoms with E-state index in [4.69, 9.17) is 21.1 Å². The number of rotatable bonds is 10. The Bertz CT molecular complexity index is 1140. The second-order valence-corrected chi connectivity index (χ2v) is 7.28. The Morgan fingerprint density at radius 3 is 3.03 bits per heavy atom. The van der Waals surface area contributed by atoms with Crippen molar-refractivity contribution in [1.82, 2.24) is 10.3 Å². The zero-order valence-corrected chi connectivity index (χ0v) is 18.4. The van der Waals surface area contributed by atoms with Gasteiger partial charge in [0.1, 0.15) is 18.3 Å². The number of ether oxygens (including phenoxy) is 1. The molecule has 3 rings (SSSR count). The van der Waals surface area contributed by atoms with Crippen LogP contribution >= 0.6 is 0 Å². The number of anilines is 2. The van der Waals surface area contributed by atoms with Crippen molar-refractivity contribution in [3.8, 4) is 6.07 Å². The Morgan fingerprint density at radius 1 is 1.41 bits per heavy atom. The molecule has 0 bridgehead atoms. The van der Waals surface area contributed by atoms with Gasteiger partial charge in [-0.05, 0) is 29.8 Å². The monoisotopic (exact) mass is 464 g/mol. The van der Waals surface area contributed by atoms with E-state index in [9.17, 15) is 9.18 Å². The number of nitriles is 1. The van der Waals surface area contributed by atoms with Gasteiger partial charge in [-0.2, -0.15) is 5.26 Å². The highest BCUT2D eigenvalue weighted by atomic mass is 19.1. The van der Waals surface area contributed by atoms with E-state index in [1.165, 1.54) is 23.2 Å². The number of benzene rings is 1. The second kappa shape index (κ2) is 12.1. The number of carbonyl (C=O) groups excluding carboxylic acids is 1. The molecule has 0 radical (unpaired) electrons. The summed E-state index contributed by atoms with van der Waals surface area (Å²) >= 11 is 0. The molecule has 1 aromatic carbocycles. The van der Waals surface area contributed by atoms with Gasteiger partial charge in [-0.25, -0.2) is 14.4 Å². The summed E-state index contributed by atoms with van der Waals surface area (Å²) in [6, 6.07) is 8.10. The van der Waals surface area contributed by atoms with E-state index in [-0.39, 0.29) is 24.9 Å². The Balaban J connectivity index is 1.73. The summed E-state index contributed by atoms with van der Waals surface area (Å²) in [5, 5.41) is 22.2. The molecule has 1 aliphatic rings. The van der Waals surface area contributed by atoms with E-state index in [2.05, 4.69) is 20.6 Å². The van der Waals surface area contributed by atoms with Gasteiger partial charge < -0.3 is 31.4 Å². The molecule has 1 aliphatic heterocycles. The minimum absolute atomic E-state index is 0.0264. The molecule has 0 aliphatic carbocycles. The van der Waals surface area contributed by atoms with Crippen LogP contribution in [-0.2, 0) is 16.1 Å². The van der Waals surface area contributed by atoms with E-state index in [0.717, 1.165) is 6.21 Å². The molecule has 1 amide bonds. The predicted molar refractivity (Wildman–Crippen MR) is 128 cm³/mol. The zero-order valence-electron chi connectivity index (χ0n) is 18.4. The maximum Gasteiger partial charge on any atom is 0.253 e. The number of nitrogens with two attached hydrogens (primary N) is 1. The molecule has 11 heteroatoms. The average molecular weight is 465 g/mol. The number of amides is 1. The highest BCUT2D eigenvalue weighted by Gasteiger charge is 2.21. The number of halogens is 1. The predicted octanol–water partition coefficient (Wildman–Crippen LogP) is 2.20. The number of aliphatic imine (C=N–C) groups is 1. The lowest BCUT2D eigenvalue weighted by Crippen LogP contribution is -2.41. The molecule has 2 aromatic rings. The molecular weight excluding hydrogens is 439 g/mol. The number of amidine groups is 1. The number of morpholine rings is 1. The van der Waals surface area contributed by atoms with Gasteiger partial charge in [0, 0.05) is 61.3 Å². The standard InChI is InChI=1S/C23H25FN8O2/c24-18-8-16(9-19(10-18)32-6-7-34-15-23(32)33)13-29-20-11-22(30-14-17(20)12-26)31-21(27)2-5-28-4-1-3-25/h2,5,8-12,14,26,28H,1,4,6-7,13,15H2,(H3,27,29,30,31)/b5-2-,26-12?. The van der Waals surface area contributed by atoms with Crippen molar-refractivity contribution in [1.29, 1.82) is 10.7 Å². The molecule has 2 heterocycles. The van der Waals surface area contributed by atoms with E-state index < -0.39 is 5.82 Å². The summed E-state index contributed by atoms with van der Waals surface area (Å²) in [7, 11) is 0. The molecule has 5 N–H and O–H groups in total. The van der Waals surface area contributed by atoms with Crippen LogP contribution in [0.25, 0.3) is 0 Å². The summed E-state index contributed by atoms with van der Waals surface area (Å²) in [4.78, 5) is 22.0. The average Bonchev–Trinajstić information content (AvgIpc) is 2.82. The van der Waals surface area contributed by atoms with Crippen molar-refractivity contribution in [3.63, 3.8) is 0 Å². The van der Waals surface area contributed by atoms with Crippen LogP contribution in [0.4, 0.5) is 21.6 Å². The van der Waals surface area contributed by atoms with Crippen molar-refractivity contribution in [2.45, 2.75) is 13.0 Å². The topological polar surface area (TPSA) is 153 Å². The molecule has 176 valence electrons. The first-order chi connectivity index (χ1) is 16.5. The number of pyridine rings is 1. The van der Waals surface area contributed by atoms with Crippen LogP contribution in [0.2, 0.25) is 0 Å². The van der Waals surface area contributed by atoms with Crippen molar-refractivity contribution in [2.75, 3.05) is 36.5 Å². The van der Waals surface area contributed by atoms with E-state index in [1.54, 1.807) is 24.4 Å². The Labute approximate surface area is 196 Å². The third-order valence-corrected chi connectivity index (χ3v) is 4.80. The molecule has 0 atom stereocenters. The van der Waals surface area contributed by atoms with Gasteiger partial charge in [-0.15, -0.1) is 0 Å². The smallest absolute Gasteiger partial charge is 0.253 e. The fourth-order valence-corrected chi connectivity index (χ4v) is 3.19. The van der Waals surface area contributed by atoms with E-state index in [0.29, 0.717) is 54.4 Å². The van der Waals surface area contributed by atoms with Gasteiger partial charge in [0.05, 0.1) is 19.1 Å². The molecule has 0 spiro atoms. The van der Waals surface area contributed by atoms with Gasteiger partial charge >= 0.3 is 0 Å². The van der Waals surface area contributed by atoms with Crippen LogP contribution in [0.15, 0.2) is 47.7 Å². The van der Waals surface area contributed by atoms with E-state index in [1.807, 2.05) is 6.07 Å². The van der Waals surface area contributed by atoms with Gasteiger partial charge in [-0.3, -0.25) is 4.79 Å². The SMILES string of the molecule is N#CCCN/C=C\C(N)=Nc1cc(NCc2cc(F)cc(N3CCOCC3=O)c2)c(C=N)cn1. The summed E-state index contributed by atoms with van der Waals surface area (Å²) in [6.45, 7) is 1.48. The summed E-state index contributed by atoms with van der Waals surface area (Å²) < 4.78 is 19.4. The molecule has 1 saturated heterocycles. The van der Waals surface area contributed by atoms with Crippen LogP contribution in [0, 0.1) is 22.6 Å². The largest absolute Gasteiger partial charge is 0.390 e. The number of nitrogens with one attached hydrogen (secondary N) is 3. The highest BCUT2D eigenvalue weighted by Crippen LogP contribution is 2.23. The third kappa shape index (κ3) is 6.85. The minimum Gasteiger partial charge on any atom is -0.390 e. The normalized spacial score (nSPS) is 14.2. The molecule has 0 saturated carbocycles. The fourth-order valence-electron chi connectivity index (χ4n) is 3.19. The molecule has 1 fully saturated rings. The van der Waals surface area contributed by atoms with E-state index >= 15 is 0 Å². The Hall–Kier alpha value is -4.30. The first kappa shape index (κ1) is 24.3. The zero-order chi connectivity index (χ0) is 24.3. The minimum atomic E-state index is -0.455. The van der Waals surface area contributed by atoms with Crippen molar-refractivity contribution < 1.29 is 13.9 Å². The Kier molecular flexibility index (Phi) is 8.65. The quantitative estimate of drug-likeness (QED) is 0.239. The van der Waals surface area contributed by atoms with Crippen LogP contribution in [0.5, 0.6) is 0 Å². The highest BCUT2D eigenvalue weighted by molar-refractivity contribution is 5.95. The second-order valence-electron chi connectivity index (χ2n) is 7.28. The maximum atomic E-state index is 14.3. The summed E-state index contributed by atoms with van der Waals surface area (Å²) in [6.07, 6.45) is 6.16. The molecular formula is C23H25FN8O2. The van der Waals surface area contributed by atoms with Gasteiger partial charge in [0.15, 0.2) is 5.82 Å². The number of hydrogen-bond acceptors (Lipinski definition) is 8. The van der Waals surface area contributed by atoms with Gasteiger partial charge in [0.25, 0.3) is 5.91 Å². The van der Waals surface area contributed by atoms with Crippen molar-refractivity contribution in [2.24, 2.45) is 10.7 Å².